The fraction of sp³-hybridized carbons (Fsp3) is 0.515. The van der Waals surface area contributed by atoms with Crippen LogP contribution < -0.4 is 16.8 Å². The van der Waals surface area contributed by atoms with Crippen molar-refractivity contribution in [2.24, 2.45) is 23.3 Å². The van der Waals surface area contributed by atoms with Crippen LogP contribution in [-0.4, -0.2) is 86.1 Å². The molecule has 0 bridgehead atoms. The Balaban J connectivity index is 2.66. The molecule has 9 N–H and O–H groups in total. The summed E-state index contributed by atoms with van der Waals surface area (Å²) in [5.41, 5.74) is 11.9. The Kier molecular flexibility index (Phi) is 19.2. The Morgan fingerprint density at radius 1 is 1.04 bits per heavy atom. The number of aliphatic hydroxyl groups excluding tert-OH is 3. The molecule has 47 heavy (non-hydrogen) atoms. The van der Waals surface area contributed by atoms with Gasteiger partial charge in [-0.1, -0.05) is 73.6 Å². The zero-order valence-electron chi connectivity index (χ0n) is 26.7. The highest BCUT2D eigenvalue weighted by atomic mass is 35.5. The van der Waals surface area contributed by atoms with E-state index in [-0.39, 0.29) is 17.0 Å². The van der Waals surface area contributed by atoms with Gasteiger partial charge in [-0.3, -0.25) is 14.4 Å². The Hall–Kier alpha value is -3.26. The number of carbonyl (C=O) groups excluding carboxylic acids is 3. The second kappa shape index (κ2) is 21.6. The van der Waals surface area contributed by atoms with E-state index in [1.54, 1.807) is 42.5 Å². The molecule has 14 heteroatoms. The number of nitrogens with one attached hydrogen (secondary N) is 1. The van der Waals surface area contributed by atoms with Crippen LogP contribution in [0.3, 0.4) is 0 Å². The number of rotatable bonds is 18. The van der Waals surface area contributed by atoms with Crippen molar-refractivity contribution in [2.45, 2.75) is 94.8 Å². The van der Waals surface area contributed by atoms with Gasteiger partial charge in [0.15, 0.2) is 5.78 Å². The van der Waals surface area contributed by atoms with Crippen molar-refractivity contribution >= 4 is 47.0 Å². The Labute approximate surface area is 285 Å². The molecule has 1 aliphatic rings. The third-order valence-corrected chi connectivity index (χ3v) is 8.54. The van der Waals surface area contributed by atoms with Gasteiger partial charge >= 0.3 is 12.1 Å². The van der Waals surface area contributed by atoms with Gasteiger partial charge in [-0.25, -0.2) is 4.79 Å². The number of halogens is 2. The lowest BCUT2D eigenvalue weighted by atomic mass is 9.82. The molecule has 0 aliphatic heterocycles. The first-order valence-corrected chi connectivity index (χ1v) is 16.1. The molecule has 0 radical (unpaired) electrons. The molecular weight excluding hydrogens is 653 g/mol. The highest BCUT2D eigenvalue weighted by Gasteiger charge is 2.35. The maximum absolute atomic E-state index is 12.6. The van der Waals surface area contributed by atoms with Crippen LogP contribution in [0.25, 0.3) is 0 Å². The van der Waals surface area contributed by atoms with E-state index < -0.39 is 71.9 Å². The number of aliphatic carboxylic acids is 1. The largest absolute Gasteiger partial charge is 0.481 e. The van der Waals surface area contributed by atoms with Crippen molar-refractivity contribution in [3.8, 4) is 0 Å². The number of amides is 2. The SMILES string of the molecule is CC/C=C/[C@@H](OC(N)=O)[C@@H](Cl)[C@H](O)CC(=O)[C@@H](O)[C@H](O)[C@H](C)/C(Cl)=C/C=C/C=C(C)/C=C/C=C/C(=O)N[C@@H]1C[C@@H](C(=O)O)CC[C@@H]1N. The highest BCUT2D eigenvalue weighted by molar-refractivity contribution is 6.30. The van der Waals surface area contributed by atoms with E-state index in [2.05, 4.69) is 5.32 Å². The first kappa shape index (κ1) is 41.8. The van der Waals surface area contributed by atoms with E-state index in [1.807, 2.05) is 13.8 Å². The third-order valence-electron chi connectivity index (χ3n) is 7.53. The number of hydrogen-bond acceptors (Lipinski definition) is 9. The number of primary amides is 1. The summed E-state index contributed by atoms with van der Waals surface area (Å²) in [6, 6.07) is -0.696. The van der Waals surface area contributed by atoms with Crippen molar-refractivity contribution in [3.63, 3.8) is 0 Å². The number of allylic oxidation sites excluding steroid dienone is 9. The molecule has 0 aromatic carbocycles. The summed E-state index contributed by atoms with van der Waals surface area (Å²) in [7, 11) is 0. The molecule has 0 aromatic heterocycles. The number of aliphatic hydroxyl groups is 3. The molecule has 1 saturated carbocycles. The fourth-order valence-corrected chi connectivity index (χ4v) is 5.05. The number of hydrogen-bond donors (Lipinski definition) is 7. The smallest absolute Gasteiger partial charge is 0.405 e. The van der Waals surface area contributed by atoms with E-state index in [4.69, 9.17) is 39.4 Å². The van der Waals surface area contributed by atoms with Crippen molar-refractivity contribution in [1.29, 1.82) is 0 Å². The van der Waals surface area contributed by atoms with Gasteiger partial charge in [0.05, 0.1) is 18.1 Å². The summed E-state index contributed by atoms with van der Waals surface area (Å²) in [6.45, 7) is 5.16. The monoisotopic (exact) mass is 699 g/mol. The van der Waals surface area contributed by atoms with Crippen LogP contribution in [0.2, 0.25) is 0 Å². The van der Waals surface area contributed by atoms with Gasteiger partial charge in [0.2, 0.25) is 5.91 Å². The average Bonchev–Trinajstić information content (AvgIpc) is 3.02. The first-order valence-electron chi connectivity index (χ1n) is 15.3. The Morgan fingerprint density at radius 3 is 2.30 bits per heavy atom. The number of alkyl halides is 1. The van der Waals surface area contributed by atoms with Crippen LogP contribution in [0.15, 0.2) is 71.4 Å². The maximum Gasteiger partial charge on any atom is 0.405 e. The third kappa shape index (κ3) is 15.5. The number of carbonyl (C=O) groups is 4. The lowest BCUT2D eigenvalue weighted by Gasteiger charge is -2.32. The molecule has 262 valence electrons. The zero-order chi connectivity index (χ0) is 35.7. The maximum atomic E-state index is 12.6. The predicted molar refractivity (Wildman–Crippen MR) is 180 cm³/mol. The number of ether oxygens (including phenoxy) is 1. The van der Waals surface area contributed by atoms with Crippen LogP contribution in [0.5, 0.6) is 0 Å². The van der Waals surface area contributed by atoms with Crippen LogP contribution in [0.4, 0.5) is 4.79 Å². The topological polar surface area (TPSA) is 222 Å². The van der Waals surface area contributed by atoms with E-state index >= 15 is 0 Å². The molecule has 0 spiro atoms. The predicted octanol–water partition coefficient (Wildman–Crippen LogP) is 3.14. The van der Waals surface area contributed by atoms with E-state index in [9.17, 15) is 39.6 Å². The average molecular weight is 701 g/mol. The van der Waals surface area contributed by atoms with Crippen molar-refractivity contribution in [3.05, 3.63) is 71.4 Å². The fourth-order valence-electron chi connectivity index (χ4n) is 4.63. The Morgan fingerprint density at radius 2 is 1.68 bits per heavy atom. The lowest BCUT2D eigenvalue weighted by molar-refractivity contribution is -0.143. The van der Waals surface area contributed by atoms with Gasteiger partial charge in [0.25, 0.3) is 0 Å². The zero-order valence-corrected chi connectivity index (χ0v) is 28.3. The minimum atomic E-state index is -1.88. The van der Waals surface area contributed by atoms with Crippen LogP contribution in [0.1, 0.15) is 52.9 Å². The number of carboxylic acids is 1. The van der Waals surface area contributed by atoms with Crippen LogP contribution in [-0.2, 0) is 19.1 Å². The molecule has 1 rings (SSSR count). The molecule has 0 aromatic rings. The minimum absolute atomic E-state index is 0.152. The van der Waals surface area contributed by atoms with Crippen molar-refractivity contribution in [1.82, 2.24) is 5.32 Å². The summed E-state index contributed by atoms with van der Waals surface area (Å²) in [5, 5.41) is 42.3. The molecule has 0 saturated heterocycles. The van der Waals surface area contributed by atoms with Gasteiger partial charge in [-0.2, -0.15) is 0 Å². The second-order valence-electron chi connectivity index (χ2n) is 11.3. The molecule has 0 heterocycles. The van der Waals surface area contributed by atoms with Gasteiger partial charge in [-0.05, 0) is 44.8 Å². The highest BCUT2D eigenvalue weighted by Crippen LogP contribution is 2.25. The van der Waals surface area contributed by atoms with Gasteiger partial charge in [0.1, 0.15) is 17.6 Å². The molecule has 1 aliphatic carbocycles. The van der Waals surface area contributed by atoms with Gasteiger partial charge < -0.3 is 41.9 Å². The van der Waals surface area contributed by atoms with E-state index in [0.29, 0.717) is 25.7 Å². The summed E-state index contributed by atoms with van der Waals surface area (Å²) in [4.78, 5) is 47.2. The number of ketones is 1. The quantitative estimate of drug-likeness (QED) is 0.0479. The number of nitrogens with two attached hydrogens (primary N) is 2. The van der Waals surface area contributed by atoms with Crippen molar-refractivity contribution < 1.29 is 44.3 Å². The summed E-state index contributed by atoms with van der Waals surface area (Å²) >= 11 is 12.5. The summed E-state index contributed by atoms with van der Waals surface area (Å²) in [5.74, 6) is -3.51. The van der Waals surface area contributed by atoms with E-state index in [0.717, 1.165) is 5.57 Å². The van der Waals surface area contributed by atoms with Gasteiger partial charge in [-0.15, -0.1) is 11.6 Å². The van der Waals surface area contributed by atoms with Crippen LogP contribution >= 0.6 is 23.2 Å². The molecule has 2 amide bonds. The van der Waals surface area contributed by atoms with Gasteiger partial charge in [0, 0.05) is 35.5 Å². The van der Waals surface area contributed by atoms with Crippen molar-refractivity contribution in [2.75, 3.05) is 0 Å². The molecule has 1 fully saturated rings. The molecular formula is C33H47Cl2N3O9. The number of carboxylic acid groups (broad SMARTS) is 1. The standard InChI is InChI=1S/C33H47Cl2N3O9/c1-4-5-13-27(47-33(37)46)29(35)25(39)18-26(40)31(43)30(42)20(3)22(34)12-8-6-10-19(2)11-7-9-14-28(41)38-24-17-21(32(44)45)15-16-23(24)36/h5-14,20-21,23-25,27,29-31,39,42-43H,4,15-18,36H2,1-3H3,(H2,37,46)(H,38,41)(H,44,45)/b8-6+,11-7+,13-5+,14-9+,19-10+,22-12-/t20-,21+,23+,24-,25-,27-,29+,30-,31-/m1/s1. The number of Topliss-reactive ketones (excluding diaryl/α,β-unsaturated/α-hetero) is 1. The summed E-state index contributed by atoms with van der Waals surface area (Å²) < 4.78 is 4.89. The molecule has 0 unspecified atom stereocenters. The lowest BCUT2D eigenvalue weighted by Crippen LogP contribution is -2.51. The normalized spacial score (nSPS) is 23.5. The molecule has 9 atom stereocenters. The Bertz CT molecular complexity index is 1250. The minimum Gasteiger partial charge on any atom is -0.481 e. The van der Waals surface area contributed by atoms with Crippen LogP contribution in [0, 0.1) is 11.8 Å². The van der Waals surface area contributed by atoms with E-state index in [1.165, 1.54) is 25.2 Å². The molecule has 12 nitrogen and oxygen atoms in total. The summed E-state index contributed by atoms with van der Waals surface area (Å²) in [6.07, 6.45) is 9.97. The second-order valence-corrected chi connectivity index (χ2v) is 12.3. The first-order chi connectivity index (χ1) is 22.1.